The van der Waals surface area contributed by atoms with Gasteiger partial charge in [-0.25, -0.2) is 9.97 Å². The minimum Gasteiger partial charge on any atom is -0.396 e. The molecule has 0 aliphatic carbocycles. The molecule has 0 spiro atoms. The number of aromatic nitrogens is 2. The molecule has 0 unspecified atom stereocenters. The van der Waals surface area contributed by atoms with Gasteiger partial charge in [0.05, 0.1) is 0 Å². The van der Waals surface area contributed by atoms with Gasteiger partial charge in [0, 0.05) is 50.9 Å². The molecule has 1 saturated heterocycles. The summed E-state index contributed by atoms with van der Waals surface area (Å²) in [6.07, 6.45) is 2.39. The third-order valence-electron chi connectivity index (χ3n) is 4.71. The summed E-state index contributed by atoms with van der Waals surface area (Å²) in [6, 6.07) is 13.2. The van der Waals surface area contributed by atoms with Crippen molar-refractivity contribution in [2.75, 3.05) is 36.5 Å². The zero-order chi connectivity index (χ0) is 18.4. The quantitative estimate of drug-likeness (QED) is 0.795. The smallest absolute Gasteiger partial charge is 0.134 e. The fraction of sp³-hybridized carbons (Fsp3) is 0.500. The van der Waals surface area contributed by atoms with E-state index in [1.807, 2.05) is 12.1 Å². The van der Waals surface area contributed by atoms with E-state index >= 15 is 0 Å². The first-order valence-electron chi connectivity index (χ1n) is 9.38. The predicted molar refractivity (Wildman–Crippen MR) is 105 cm³/mol. The summed E-state index contributed by atoms with van der Waals surface area (Å²) in [7, 11) is 0. The summed E-state index contributed by atoms with van der Waals surface area (Å²) in [6.45, 7) is 8.06. The average molecular weight is 355 g/mol. The monoisotopic (exact) mass is 355 g/mol. The van der Waals surface area contributed by atoms with Crippen LogP contribution < -0.4 is 10.2 Å². The van der Waals surface area contributed by atoms with Gasteiger partial charge in [0.1, 0.15) is 18.0 Å². The van der Waals surface area contributed by atoms with E-state index in [1.165, 1.54) is 5.56 Å². The Morgan fingerprint density at radius 3 is 2.73 bits per heavy atom. The normalized spacial score (nSPS) is 18.3. The highest BCUT2D eigenvalue weighted by molar-refractivity contribution is 5.49. The number of nitrogens with one attached hydrogen (secondary N) is 1. The van der Waals surface area contributed by atoms with Crippen molar-refractivity contribution in [2.45, 2.75) is 38.9 Å². The molecule has 1 aromatic carbocycles. The number of benzene rings is 1. The first-order valence-corrected chi connectivity index (χ1v) is 9.38. The van der Waals surface area contributed by atoms with Crippen molar-refractivity contribution in [1.82, 2.24) is 14.9 Å². The Balaban J connectivity index is 1.69. The lowest BCUT2D eigenvalue weighted by atomic mass is 10.1. The van der Waals surface area contributed by atoms with E-state index in [9.17, 15) is 5.11 Å². The number of anilines is 2. The lowest BCUT2D eigenvalue weighted by Gasteiger charge is -2.42. The van der Waals surface area contributed by atoms with Crippen LogP contribution in [0.1, 0.15) is 25.8 Å². The fourth-order valence-corrected chi connectivity index (χ4v) is 3.44. The van der Waals surface area contributed by atoms with Gasteiger partial charge in [0.15, 0.2) is 0 Å². The third-order valence-corrected chi connectivity index (χ3v) is 4.71. The molecular formula is C20H29N5O. The molecule has 1 aliphatic rings. The van der Waals surface area contributed by atoms with E-state index in [2.05, 4.69) is 63.2 Å². The van der Waals surface area contributed by atoms with Crippen molar-refractivity contribution < 1.29 is 5.11 Å². The first-order chi connectivity index (χ1) is 12.7. The highest BCUT2D eigenvalue weighted by Crippen LogP contribution is 2.22. The van der Waals surface area contributed by atoms with Gasteiger partial charge in [0.25, 0.3) is 0 Å². The highest BCUT2D eigenvalue weighted by atomic mass is 16.3. The third kappa shape index (κ3) is 4.93. The Labute approximate surface area is 155 Å². The van der Waals surface area contributed by atoms with Crippen LogP contribution in [-0.2, 0) is 6.54 Å². The average Bonchev–Trinajstić information content (AvgIpc) is 2.64. The molecule has 0 amide bonds. The first kappa shape index (κ1) is 18.6. The Kier molecular flexibility index (Phi) is 6.41. The summed E-state index contributed by atoms with van der Waals surface area (Å²) in [5.74, 6) is 1.81. The van der Waals surface area contributed by atoms with Crippen LogP contribution in [-0.4, -0.2) is 58.3 Å². The van der Waals surface area contributed by atoms with Crippen molar-refractivity contribution in [1.29, 1.82) is 0 Å². The van der Waals surface area contributed by atoms with Gasteiger partial charge in [-0.05, 0) is 25.8 Å². The van der Waals surface area contributed by atoms with E-state index in [0.29, 0.717) is 12.1 Å². The number of aliphatic hydroxyl groups excluding tert-OH is 1. The molecule has 6 heteroatoms. The van der Waals surface area contributed by atoms with Crippen LogP contribution in [0.5, 0.6) is 0 Å². The van der Waals surface area contributed by atoms with Crippen LogP contribution in [0.4, 0.5) is 11.6 Å². The van der Waals surface area contributed by atoms with Gasteiger partial charge >= 0.3 is 0 Å². The second-order valence-corrected chi connectivity index (χ2v) is 7.13. The summed E-state index contributed by atoms with van der Waals surface area (Å²) in [5, 5.41) is 12.9. The maximum atomic E-state index is 9.52. The summed E-state index contributed by atoms with van der Waals surface area (Å²) < 4.78 is 0. The lowest BCUT2D eigenvalue weighted by molar-refractivity contribution is 0.135. The minimum atomic E-state index is 0.202. The van der Waals surface area contributed by atoms with Crippen molar-refractivity contribution in [2.24, 2.45) is 0 Å². The maximum Gasteiger partial charge on any atom is 0.134 e. The van der Waals surface area contributed by atoms with Crippen LogP contribution in [0.3, 0.4) is 0 Å². The fourth-order valence-electron chi connectivity index (χ4n) is 3.44. The van der Waals surface area contributed by atoms with E-state index < -0.39 is 0 Å². The molecule has 2 heterocycles. The van der Waals surface area contributed by atoms with Gasteiger partial charge in [-0.15, -0.1) is 0 Å². The van der Waals surface area contributed by atoms with Crippen LogP contribution in [0.15, 0.2) is 42.7 Å². The molecule has 1 fully saturated rings. The van der Waals surface area contributed by atoms with Crippen LogP contribution >= 0.6 is 0 Å². The Morgan fingerprint density at radius 2 is 2.00 bits per heavy atom. The second kappa shape index (κ2) is 8.96. The second-order valence-electron chi connectivity index (χ2n) is 7.13. The van der Waals surface area contributed by atoms with Gasteiger partial charge in [-0.1, -0.05) is 30.3 Å². The number of hydrogen-bond donors (Lipinski definition) is 2. The number of piperazine rings is 1. The number of hydrogen-bond acceptors (Lipinski definition) is 6. The molecule has 0 radical (unpaired) electrons. The maximum absolute atomic E-state index is 9.52. The van der Waals surface area contributed by atoms with E-state index in [0.717, 1.165) is 44.2 Å². The number of rotatable bonds is 7. The van der Waals surface area contributed by atoms with Crippen molar-refractivity contribution in [3.05, 3.63) is 48.3 Å². The molecular weight excluding hydrogens is 326 g/mol. The van der Waals surface area contributed by atoms with E-state index in [-0.39, 0.29) is 6.61 Å². The largest absolute Gasteiger partial charge is 0.396 e. The zero-order valence-electron chi connectivity index (χ0n) is 15.7. The Hall–Kier alpha value is -2.18. The molecule has 2 aromatic rings. The van der Waals surface area contributed by atoms with Gasteiger partial charge in [-0.3, -0.25) is 4.90 Å². The van der Waals surface area contributed by atoms with Crippen molar-refractivity contribution in [3.8, 4) is 0 Å². The summed E-state index contributed by atoms with van der Waals surface area (Å²) in [4.78, 5) is 13.5. The van der Waals surface area contributed by atoms with Crippen molar-refractivity contribution in [3.63, 3.8) is 0 Å². The van der Waals surface area contributed by atoms with Gasteiger partial charge < -0.3 is 15.3 Å². The standard InChI is InChI=1S/C20H29N5O/c1-16(2)23-19-12-20(22-15-21-19)25-10-9-24(18(14-25)8-11-26)13-17-6-4-3-5-7-17/h3-7,12,15-16,18,26H,8-11,13-14H2,1-2H3,(H,21,22,23)/t18-/m0/s1. The van der Waals surface area contributed by atoms with Gasteiger partial charge in [0.2, 0.25) is 0 Å². The molecule has 1 aromatic heterocycles. The van der Waals surface area contributed by atoms with E-state index in [1.54, 1.807) is 6.33 Å². The summed E-state index contributed by atoms with van der Waals surface area (Å²) >= 11 is 0. The molecule has 0 saturated carbocycles. The molecule has 1 atom stereocenters. The molecule has 0 bridgehead atoms. The molecule has 26 heavy (non-hydrogen) atoms. The molecule has 1 aliphatic heterocycles. The Morgan fingerprint density at radius 1 is 1.19 bits per heavy atom. The zero-order valence-corrected chi connectivity index (χ0v) is 15.7. The number of nitrogens with zero attached hydrogens (tertiary/aromatic N) is 4. The lowest BCUT2D eigenvalue weighted by Crippen LogP contribution is -2.53. The molecule has 6 nitrogen and oxygen atoms in total. The Bertz CT molecular complexity index is 679. The van der Waals surface area contributed by atoms with Crippen LogP contribution in [0.25, 0.3) is 0 Å². The summed E-state index contributed by atoms with van der Waals surface area (Å²) in [5.41, 5.74) is 1.31. The van der Waals surface area contributed by atoms with Crippen LogP contribution in [0, 0.1) is 0 Å². The minimum absolute atomic E-state index is 0.202. The topological polar surface area (TPSA) is 64.5 Å². The van der Waals surface area contributed by atoms with Crippen LogP contribution in [0.2, 0.25) is 0 Å². The van der Waals surface area contributed by atoms with E-state index in [4.69, 9.17) is 0 Å². The molecule has 3 rings (SSSR count). The number of aliphatic hydroxyl groups is 1. The highest BCUT2D eigenvalue weighted by Gasteiger charge is 2.27. The molecule has 140 valence electrons. The van der Waals surface area contributed by atoms with Gasteiger partial charge in [-0.2, -0.15) is 0 Å². The predicted octanol–water partition coefficient (Wildman–Crippen LogP) is 2.37. The van der Waals surface area contributed by atoms with Crippen molar-refractivity contribution >= 4 is 11.6 Å². The SMILES string of the molecule is CC(C)Nc1cc(N2CCN(Cc3ccccc3)[C@@H](CCO)C2)ncn1. The molecule has 2 N–H and O–H groups in total.